The molecule has 0 amide bonds. The Kier molecular flexibility index (Phi) is 7.31. The van der Waals surface area contributed by atoms with Crippen molar-refractivity contribution in [2.24, 2.45) is 0 Å². The molecule has 1 aromatic heterocycles. The maximum absolute atomic E-state index is 12.7. The smallest absolute Gasteiger partial charge is 0.250 e. The van der Waals surface area contributed by atoms with E-state index in [1.54, 1.807) is 19.2 Å². The second-order valence-corrected chi connectivity index (χ2v) is 10.4. The molecule has 170 valence electrons. The Bertz CT molecular complexity index is 1120. The average molecular weight is 474 g/mol. The van der Waals surface area contributed by atoms with Gasteiger partial charge in [0.1, 0.15) is 15.7 Å². The number of anilines is 1. The van der Waals surface area contributed by atoms with E-state index < -0.39 is 10.0 Å². The lowest BCUT2D eigenvalue weighted by Gasteiger charge is -2.29. The van der Waals surface area contributed by atoms with Crippen molar-refractivity contribution in [2.75, 3.05) is 44.7 Å². The minimum Gasteiger partial charge on any atom is -0.497 e. The second kappa shape index (κ2) is 10.4. The van der Waals surface area contributed by atoms with E-state index in [0.29, 0.717) is 23.8 Å². The van der Waals surface area contributed by atoms with Crippen molar-refractivity contribution in [1.82, 2.24) is 10.0 Å². The Balaban J connectivity index is 1.35. The highest BCUT2D eigenvalue weighted by Crippen LogP contribution is 2.33. The number of nitrogens with zero attached hydrogens (tertiary/aromatic N) is 1. The summed E-state index contributed by atoms with van der Waals surface area (Å²) in [7, 11) is -1.98. The molecule has 0 radical (unpaired) electrons. The fourth-order valence-electron chi connectivity index (χ4n) is 3.48. The number of thiophene rings is 1. The molecule has 2 N–H and O–H groups in total. The molecule has 0 spiro atoms. The standard InChI is InChI=1S/C23H27N3O4S2/c1-29-20-7-5-18(6-8-20)11-12-25-32(27,28)23-10-9-22(31-23)30-21-4-2-3-19(17-21)26-15-13-24-14-16-26/h2-10,17,24-25H,11-16H2,1H3. The lowest BCUT2D eigenvalue weighted by atomic mass is 10.1. The van der Waals surface area contributed by atoms with Crippen LogP contribution in [0.15, 0.2) is 64.9 Å². The first-order chi connectivity index (χ1) is 15.5. The maximum atomic E-state index is 12.7. The summed E-state index contributed by atoms with van der Waals surface area (Å²) in [6.07, 6.45) is 0.594. The molecule has 1 aliphatic rings. The zero-order valence-electron chi connectivity index (χ0n) is 17.9. The quantitative estimate of drug-likeness (QED) is 0.495. The Morgan fingerprint density at radius 3 is 2.56 bits per heavy atom. The highest BCUT2D eigenvalue weighted by molar-refractivity contribution is 7.91. The van der Waals surface area contributed by atoms with Gasteiger partial charge in [-0.3, -0.25) is 0 Å². The van der Waals surface area contributed by atoms with Crippen LogP contribution in [0.2, 0.25) is 0 Å². The van der Waals surface area contributed by atoms with Gasteiger partial charge in [0, 0.05) is 44.5 Å². The predicted molar refractivity (Wildman–Crippen MR) is 128 cm³/mol. The first-order valence-corrected chi connectivity index (χ1v) is 12.8. The summed E-state index contributed by atoms with van der Waals surface area (Å²) < 4.78 is 39.3. The van der Waals surface area contributed by atoms with Gasteiger partial charge in [-0.25, -0.2) is 13.1 Å². The highest BCUT2D eigenvalue weighted by atomic mass is 32.2. The fraction of sp³-hybridized carbons (Fsp3) is 0.304. The first kappa shape index (κ1) is 22.6. The van der Waals surface area contributed by atoms with Crippen LogP contribution < -0.4 is 24.4 Å². The van der Waals surface area contributed by atoms with Crippen LogP contribution in [0.4, 0.5) is 5.69 Å². The van der Waals surface area contributed by atoms with Crippen molar-refractivity contribution in [3.8, 4) is 16.6 Å². The lowest BCUT2D eigenvalue weighted by Crippen LogP contribution is -2.43. The van der Waals surface area contributed by atoms with Gasteiger partial charge in [0.15, 0.2) is 5.06 Å². The molecule has 3 aromatic rings. The molecule has 1 fully saturated rings. The number of hydrogen-bond donors (Lipinski definition) is 2. The van der Waals surface area contributed by atoms with E-state index in [-0.39, 0.29) is 4.21 Å². The molecule has 0 unspecified atom stereocenters. The van der Waals surface area contributed by atoms with Gasteiger partial charge >= 0.3 is 0 Å². The zero-order chi connectivity index (χ0) is 22.4. The van der Waals surface area contributed by atoms with E-state index in [1.165, 1.54) is 0 Å². The van der Waals surface area contributed by atoms with E-state index in [1.807, 2.05) is 42.5 Å². The van der Waals surface area contributed by atoms with Crippen molar-refractivity contribution in [3.63, 3.8) is 0 Å². The summed E-state index contributed by atoms with van der Waals surface area (Å²) in [4.78, 5) is 2.31. The third-order valence-corrected chi connectivity index (χ3v) is 8.12. The van der Waals surface area contributed by atoms with Gasteiger partial charge in [0.25, 0.3) is 0 Å². The van der Waals surface area contributed by atoms with E-state index in [0.717, 1.165) is 54.5 Å². The van der Waals surface area contributed by atoms with Gasteiger partial charge in [-0.1, -0.05) is 29.5 Å². The maximum Gasteiger partial charge on any atom is 0.250 e. The molecule has 2 heterocycles. The number of rotatable bonds is 9. The van der Waals surface area contributed by atoms with Crippen LogP contribution in [-0.2, 0) is 16.4 Å². The number of nitrogens with one attached hydrogen (secondary N) is 2. The summed E-state index contributed by atoms with van der Waals surface area (Å²) in [6.45, 7) is 4.14. The number of ether oxygens (including phenoxy) is 2. The molecule has 7 nitrogen and oxygen atoms in total. The van der Waals surface area contributed by atoms with E-state index in [4.69, 9.17) is 9.47 Å². The van der Waals surface area contributed by atoms with Crippen LogP contribution in [-0.4, -0.2) is 48.3 Å². The number of piperazine rings is 1. The highest BCUT2D eigenvalue weighted by Gasteiger charge is 2.18. The van der Waals surface area contributed by atoms with Crippen molar-refractivity contribution >= 4 is 27.0 Å². The predicted octanol–water partition coefficient (Wildman–Crippen LogP) is 3.48. The van der Waals surface area contributed by atoms with Crippen LogP contribution in [0.3, 0.4) is 0 Å². The van der Waals surface area contributed by atoms with Gasteiger partial charge in [-0.05, 0) is 48.4 Å². The first-order valence-electron chi connectivity index (χ1n) is 10.5. The summed E-state index contributed by atoms with van der Waals surface area (Å²) in [6, 6.07) is 18.8. The molecular formula is C23H27N3O4S2. The summed E-state index contributed by atoms with van der Waals surface area (Å²) in [5.41, 5.74) is 2.14. The lowest BCUT2D eigenvalue weighted by molar-refractivity contribution is 0.414. The third-order valence-electron chi connectivity index (χ3n) is 5.20. The van der Waals surface area contributed by atoms with Crippen molar-refractivity contribution < 1.29 is 17.9 Å². The summed E-state index contributed by atoms with van der Waals surface area (Å²) in [5.74, 6) is 1.47. The average Bonchev–Trinajstić information content (AvgIpc) is 3.30. The molecule has 0 atom stereocenters. The van der Waals surface area contributed by atoms with Crippen molar-refractivity contribution in [3.05, 3.63) is 66.2 Å². The van der Waals surface area contributed by atoms with Crippen LogP contribution in [0, 0.1) is 0 Å². The summed E-state index contributed by atoms with van der Waals surface area (Å²) in [5, 5.41) is 3.88. The number of hydrogen-bond acceptors (Lipinski definition) is 7. The molecule has 0 bridgehead atoms. The van der Waals surface area contributed by atoms with Crippen molar-refractivity contribution in [1.29, 1.82) is 0 Å². The molecule has 0 aliphatic carbocycles. The normalized spacial score (nSPS) is 14.3. The van der Waals surface area contributed by atoms with E-state index in [2.05, 4.69) is 21.0 Å². The molecular weight excluding hydrogens is 446 g/mol. The van der Waals surface area contributed by atoms with Crippen LogP contribution in [0.5, 0.6) is 16.6 Å². The van der Waals surface area contributed by atoms with Gasteiger partial charge < -0.3 is 19.7 Å². The van der Waals surface area contributed by atoms with Crippen LogP contribution in [0.25, 0.3) is 0 Å². The molecule has 2 aromatic carbocycles. The van der Waals surface area contributed by atoms with Gasteiger partial charge in [0.2, 0.25) is 10.0 Å². The molecule has 0 saturated carbocycles. The fourth-order valence-corrected chi connectivity index (χ4v) is 5.71. The SMILES string of the molecule is COc1ccc(CCNS(=O)(=O)c2ccc(Oc3cccc(N4CCNCC4)c3)s2)cc1. The third kappa shape index (κ3) is 5.80. The van der Waals surface area contributed by atoms with E-state index in [9.17, 15) is 8.42 Å². The number of methoxy groups -OCH3 is 1. The number of benzene rings is 2. The summed E-state index contributed by atoms with van der Waals surface area (Å²) >= 11 is 1.11. The van der Waals surface area contributed by atoms with Gasteiger partial charge in [-0.2, -0.15) is 0 Å². The Morgan fingerprint density at radius 2 is 1.81 bits per heavy atom. The second-order valence-electron chi connectivity index (χ2n) is 7.41. The van der Waals surface area contributed by atoms with Crippen molar-refractivity contribution in [2.45, 2.75) is 10.6 Å². The number of sulfonamides is 1. The molecule has 1 aliphatic heterocycles. The monoisotopic (exact) mass is 473 g/mol. The van der Waals surface area contributed by atoms with Gasteiger partial charge in [0.05, 0.1) is 7.11 Å². The molecule has 9 heteroatoms. The molecule has 32 heavy (non-hydrogen) atoms. The Labute approximate surface area is 193 Å². The minimum atomic E-state index is -3.59. The van der Waals surface area contributed by atoms with Crippen LogP contribution in [0.1, 0.15) is 5.56 Å². The minimum absolute atomic E-state index is 0.237. The molecule has 1 saturated heterocycles. The topological polar surface area (TPSA) is 79.9 Å². The van der Waals surface area contributed by atoms with E-state index >= 15 is 0 Å². The Hall–Kier alpha value is -2.59. The largest absolute Gasteiger partial charge is 0.497 e. The van der Waals surface area contributed by atoms with Gasteiger partial charge in [-0.15, -0.1) is 0 Å². The zero-order valence-corrected chi connectivity index (χ0v) is 19.5. The molecule has 4 rings (SSSR count). The Morgan fingerprint density at radius 1 is 1.03 bits per heavy atom. The van der Waals surface area contributed by atoms with Crippen LogP contribution >= 0.6 is 11.3 Å².